The fourth-order valence-corrected chi connectivity index (χ4v) is 1.97. The van der Waals surface area contributed by atoms with Crippen LogP contribution in [0.1, 0.15) is 0 Å². The summed E-state index contributed by atoms with van der Waals surface area (Å²) in [6, 6.07) is 0. The molecule has 1 rings (SSSR count). The first kappa shape index (κ1) is 7.84. The third-order valence-corrected chi connectivity index (χ3v) is 2.69. The maximum atomic E-state index is 10.6. The summed E-state index contributed by atoms with van der Waals surface area (Å²) in [4.78, 5) is 0.214. The molecule has 0 atom stereocenters. The zero-order chi connectivity index (χ0) is 7.61. The number of nitrogens with two attached hydrogens (primary N) is 1. The van der Waals surface area contributed by atoms with Crippen LogP contribution in [0.2, 0.25) is 0 Å². The second kappa shape index (κ2) is 2.77. The van der Waals surface area contributed by atoms with Gasteiger partial charge in [-0.2, -0.15) is 0 Å². The fourth-order valence-electron chi connectivity index (χ4n) is 0.580. The standard InChI is InChI=1S/C5H7NO2S2/c6-10(7,8)5-1-3-9-4-2-5/h1-3H,4H2,(H2,6,7,8). The molecule has 3 nitrogen and oxygen atoms in total. The Morgan fingerprint density at radius 2 is 2.30 bits per heavy atom. The molecule has 0 saturated heterocycles. The number of thioether (sulfide) groups is 1. The molecule has 5 heteroatoms. The van der Waals surface area contributed by atoms with E-state index in [2.05, 4.69) is 0 Å². The summed E-state index contributed by atoms with van der Waals surface area (Å²) in [6.45, 7) is 0. The molecule has 0 spiro atoms. The molecule has 0 fully saturated rings. The molecular weight excluding hydrogens is 170 g/mol. The molecule has 0 amide bonds. The number of sulfonamides is 1. The van der Waals surface area contributed by atoms with Gasteiger partial charge in [-0.15, -0.1) is 11.8 Å². The third kappa shape index (κ3) is 1.86. The van der Waals surface area contributed by atoms with E-state index < -0.39 is 10.0 Å². The van der Waals surface area contributed by atoms with Crippen LogP contribution in [0.3, 0.4) is 0 Å². The summed E-state index contributed by atoms with van der Waals surface area (Å²) < 4.78 is 21.3. The minimum Gasteiger partial charge on any atom is -0.225 e. The molecule has 56 valence electrons. The zero-order valence-electron chi connectivity index (χ0n) is 5.15. The molecule has 0 saturated carbocycles. The predicted molar refractivity (Wildman–Crippen MR) is 42.8 cm³/mol. The SMILES string of the molecule is NS(=O)(=O)C1=CCSC=C1. The Morgan fingerprint density at radius 1 is 1.60 bits per heavy atom. The van der Waals surface area contributed by atoms with E-state index in [0.717, 1.165) is 0 Å². The van der Waals surface area contributed by atoms with Crippen molar-refractivity contribution >= 4 is 21.8 Å². The van der Waals surface area contributed by atoms with Crippen molar-refractivity contribution in [3.05, 3.63) is 22.5 Å². The number of primary sulfonamides is 1. The topological polar surface area (TPSA) is 60.2 Å². The molecule has 0 aliphatic carbocycles. The first-order valence-corrected chi connectivity index (χ1v) is 5.21. The molecule has 2 N–H and O–H groups in total. The van der Waals surface area contributed by atoms with Crippen LogP contribution in [0.25, 0.3) is 0 Å². The number of rotatable bonds is 1. The summed E-state index contributed by atoms with van der Waals surface area (Å²) in [5.74, 6) is 0.683. The van der Waals surface area contributed by atoms with Crippen molar-refractivity contribution in [3.63, 3.8) is 0 Å². The highest BCUT2D eigenvalue weighted by atomic mass is 32.2. The monoisotopic (exact) mass is 177 g/mol. The van der Waals surface area contributed by atoms with Crippen molar-refractivity contribution in [2.75, 3.05) is 5.75 Å². The van der Waals surface area contributed by atoms with Crippen LogP contribution >= 0.6 is 11.8 Å². The minimum absolute atomic E-state index is 0.214. The first-order chi connectivity index (χ1) is 4.61. The first-order valence-electron chi connectivity index (χ1n) is 2.62. The van der Waals surface area contributed by atoms with Crippen LogP contribution in [0.5, 0.6) is 0 Å². The van der Waals surface area contributed by atoms with Crippen LogP contribution in [0.15, 0.2) is 22.5 Å². The van der Waals surface area contributed by atoms with Gasteiger partial charge in [0.15, 0.2) is 0 Å². The number of allylic oxidation sites excluding steroid dienone is 1. The Balaban J connectivity index is 2.94. The smallest absolute Gasteiger partial charge is 0.225 e. The van der Waals surface area contributed by atoms with Crippen molar-refractivity contribution in [2.45, 2.75) is 0 Å². The van der Waals surface area contributed by atoms with Crippen molar-refractivity contribution < 1.29 is 8.42 Å². The number of hydrogen-bond acceptors (Lipinski definition) is 3. The highest BCUT2D eigenvalue weighted by Crippen LogP contribution is 2.15. The summed E-state index contributed by atoms with van der Waals surface area (Å²) in [5.41, 5.74) is 0. The van der Waals surface area contributed by atoms with Crippen LogP contribution in [0.4, 0.5) is 0 Å². The van der Waals surface area contributed by atoms with E-state index in [-0.39, 0.29) is 4.91 Å². The second-order valence-electron chi connectivity index (χ2n) is 1.79. The van der Waals surface area contributed by atoms with Gasteiger partial charge < -0.3 is 0 Å². The lowest BCUT2D eigenvalue weighted by Gasteiger charge is -2.01. The maximum absolute atomic E-state index is 10.6. The van der Waals surface area contributed by atoms with E-state index in [9.17, 15) is 8.42 Å². The normalized spacial score (nSPS) is 18.7. The van der Waals surface area contributed by atoms with Gasteiger partial charge in [0.1, 0.15) is 0 Å². The minimum atomic E-state index is -3.46. The van der Waals surface area contributed by atoms with Gasteiger partial charge in [0, 0.05) is 5.75 Å². The van der Waals surface area contributed by atoms with Crippen molar-refractivity contribution in [1.82, 2.24) is 0 Å². The predicted octanol–water partition coefficient (Wildman–Crippen LogP) is 0.419. The van der Waals surface area contributed by atoms with E-state index >= 15 is 0 Å². The Bertz CT molecular complexity index is 276. The highest BCUT2D eigenvalue weighted by Gasteiger charge is 2.09. The summed E-state index contributed by atoms with van der Waals surface area (Å²) in [5, 5.41) is 6.58. The van der Waals surface area contributed by atoms with Gasteiger partial charge in [-0.3, -0.25) is 0 Å². The van der Waals surface area contributed by atoms with Crippen LogP contribution in [0, 0.1) is 0 Å². The molecule has 0 aromatic heterocycles. The Morgan fingerprint density at radius 3 is 2.60 bits per heavy atom. The molecule has 0 aromatic rings. The largest absolute Gasteiger partial charge is 0.237 e. The lowest BCUT2D eigenvalue weighted by molar-refractivity contribution is 0.604. The highest BCUT2D eigenvalue weighted by molar-refractivity contribution is 8.02. The molecule has 10 heavy (non-hydrogen) atoms. The summed E-state index contributed by atoms with van der Waals surface area (Å²) in [6.07, 6.45) is 3.10. The van der Waals surface area contributed by atoms with Gasteiger partial charge in [-0.05, 0) is 11.5 Å². The average Bonchev–Trinajstić information content (AvgIpc) is 1.88. The Kier molecular flexibility index (Phi) is 2.18. The van der Waals surface area contributed by atoms with Crippen molar-refractivity contribution in [3.8, 4) is 0 Å². The van der Waals surface area contributed by atoms with Gasteiger partial charge in [-0.25, -0.2) is 13.6 Å². The fraction of sp³-hybridized carbons (Fsp3) is 0.200. The molecule has 0 aromatic carbocycles. The summed E-state index contributed by atoms with van der Waals surface area (Å²) >= 11 is 1.54. The average molecular weight is 177 g/mol. The maximum Gasteiger partial charge on any atom is 0.237 e. The van der Waals surface area contributed by atoms with E-state index in [1.807, 2.05) is 0 Å². The number of hydrogen-bond donors (Lipinski definition) is 1. The van der Waals surface area contributed by atoms with Crippen LogP contribution in [-0.4, -0.2) is 14.2 Å². The van der Waals surface area contributed by atoms with E-state index in [1.54, 1.807) is 11.5 Å². The quantitative estimate of drug-likeness (QED) is 0.631. The molecule has 1 aliphatic heterocycles. The van der Waals surface area contributed by atoms with E-state index in [0.29, 0.717) is 5.75 Å². The van der Waals surface area contributed by atoms with Gasteiger partial charge in [0.05, 0.1) is 4.91 Å². The molecular formula is C5H7NO2S2. The van der Waals surface area contributed by atoms with Gasteiger partial charge >= 0.3 is 0 Å². The van der Waals surface area contributed by atoms with Crippen molar-refractivity contribution in [2.24, 2.45) is 5.14 Å². The Hall–Kier alpha value is -0.260. The summed E-state index contributed by atoms with van der Waals surface area (Å²) in [7, 11) is -3.46. The van der Waals surface area contributed by atoms with Gasteiger partial charge in [-0.1, -0.05) is 6.08 Å². The van der Waals surface area contributed by atoms with E-state index in [1.165, 1.54) is 17.8 Å². The van der Waals surface area contributed by atoms with Gasteiger partial charge in [0.2, 0.25) is 10.0 Å². The van der Waals surface area contributed by atoms with Crippen LogP contribution < -0.4 is 5.14 Å². The molecule has 0 unspecified atom stereocenters. The molecule has 1 heterocycles. The molecule has 0 radical (unpaired) electrons. The third-order valence-electron chi connectivity index (χ3n) is 1.04. The molecule has 1 aliphatic rings. The van der Waals surface area contributed by atoms with Crippen LogP contribution in [-0.2, 0) is 10.0 Å². The molecule has 0 bridgehead atoms. The van der Waals surface area contributed by atoms with Crippen molar-refractivity contribution in [1.29, 1.82) is 0 Å². The zero-order valence-corrected chi connectivity index (χ0v) is 6.78. The lowest BCUT2D eigenvalue weighted by Crippen LogP contribution is -2.14. The lowest BCUT2D eigenvalue weighted by atomic mass is 10.5. The van der Waals surface area contributed by atoms with E-state index in [4.69, 9.17) is 5.14 Å². The Labute approximate surface area is 64.0 Å². The second-order valence-corrected chi connectivity index (χ2v) is 4.29. The van der Waals surface area contributed by atoms with Gasteiger partial charge in [0.25, 0.3) is 0 Å².